The number of imide groups is 1. The molecule has 2 amide bonds. The van der Waals surface area contributed by atoms with Crippen LogP contribution in [0, 0.1) is 11.8 Å². The number of anilines is 2. The van der Waals surface area contributed by atoms with Crippen LogP contribution in [0.25, 0.3) is 0 Å². The summed E-state index contributed by atoms with van der Waals surface area (Å²) in [6.45, 7) is 0. The van der Waals surface area contributed by atoms with E-state index in [9.17, 15) is 14.4 Å². The number of nitrogens with two attached hydrogens (primary N) is 1. The molecule has 1 saturated carbocycles. The predicted octanol–water partition coefficient (Wildman–Crippen LogP) is 2.23. The van der Waals surface area contributed by atoms with Crippen molar-refractivity contribution in [3.8, 4) is 0 Å². The Bertz CT molecular complexity index is 934. The number of ketones is 1. The van der Waals surface area contributed by atoms with Gasteiger partial charge in [-0.1, -0.05) is 24.3 Å². The quantitative estimate of drug-likeness (QED) is 0.641. The first-order chi connectivity index (χ1) is 12.1. The lowest BCUT2D eigenvalue weighted by atomic mass is 9.56. The average Bonchev–Trinajstić information content (AvgIpc) is 2.88. The summed E-state index contributed by atoms with van der Waals surface area (Å²) in [7, 11) is 0. The number of amides is 2. The van der Waals surface area contributed by atoms with Gasteiger partial charge in [0.05, 0.1) is 23.4 Å². The summed E-state index contributed by atoms with van der Waals surface area (Å²) >= 11 is 0. The Labute approximate surface area is 144 Å². The number of fused-ring (bicyclic) bond motifs is 1. The fourth-order valence-corrected chi connectivity index (χ4v) is 4.84. The van der Waals surface area contributed by atoms with Crippen LogP contribution in [0.5, 0.6) is 0 Å². The van der Waals surface area contributed by atoms with E-state index in [-0.39, 0.29) is 23.5 Å². The minimum absolute atomic E-state index is 0.0743. The van der Waals surface area contributed by atoms with E-state index >= 15 is 0 Å². The summed E-state index contributed by atoms with van der Waals surface area (Å²) in [5.41, 5.74) is 8.77. The molecule has 5 nitrogen and oxygen atoms in total. The molecule has 4 aliphatic rings. The van der Waals surface area contributed by atoms with Crippen LogP contribution in [0.3, 0.4) is 0 Å². The molecule has 3 aliphatic carbocycles. The molecule has 2 N–H and O–H groups in total. The van der Waals surface area contributed by atoms with Gasteiger partial charge in [-0.05, 0) is 35.4 Å². The fourth-order valence-electron chi connectivity index (χ4n) is 4.84. The van der Waals surface area contributed by atoms with Crippen molar-refractivity contribution in [2.45, 2.75) is 18.3 Å². The van der Waals surface area contributed by atoms with Gasteiger partial charge >= 0.3 is 0 Å². The molecule has 5 heteroatoms. The van der Waals surface area contributed by atoms with E-state index in [1.807, 2.05) is 24.3 Å². The summed E-state index contributed by atoms with van der Waals surface area (Å²) in [4.78, 5) is 40.1. The largest absolute Gasteiger partial charge is 0.399 e. The Balaban J connectivity index is 1.65. The van der Waals surface area contributed by atoms with Crippen LogP contribution in [0.2, 0.25) is 0 Å². The Hall–Kier alpha value is -2.95. The lowest BCUT2D eigenvalue weighted by molar-refractivity contribution is -0.134. The standard InChI is InChI=1S/C20H16N2O3/c21-10-5-7-11(8-6-10)22-19(24)17-14-9-15(23)16(18(17)20(22)25)13-4-2-1-3-12(13)14/h1-8,14,16-18H,9,21H2/t14-,16-,17-,18-/m1/s1. The molecular weight excluding hydrogens is 316 g/mol. The van der Waals surface area contributed by atoms with Crippen molar-refractivity contribution < 1.29 is 14.4 Å². The van der Waals surface area contributed by atoms with Crippen LogP contribution in [0.1, 0.15) is 29.4 Å². The third kappa shape index (κ3) is 1.75. The highest BCUT2D eigenvalue weighted by molar-refractivity contribution is 6.24. The monoisotopic (exact) mass is 332 g/mol. The minimum Gasteiger partial charge on any atom is -0.399 e. The van der Waals surface area contributed by atoms with Gasteiger partial charge in [0, 0.05) is 18.0 Å². The number of nitrogen functional groups attached to an aromatic ring is 1. The van der Waals surface area contributed by atoms with Crippen molar-refractivity contribution in [3.63, 3.8) is 0 Å². The van der Waals surface area contributed by atoms with Crippen molar-refractivity contribution >= 4 is 29.0 Å². The van der Waals surface area contributed by atoms with Gasteiger partial charge in [-0.2, -0.15) is 0 Å². The molecule has 25 heavy (non-hydrogen) atoms. The average molecular weight is 332 g/mol. The van der Waals surface area contributed by atoms with Gasteiger partial charge in [-0.25, -0.2) is 0 Å². The van der Waals surface area contributed by atoms with Gasteiger partial charge in [0.2, 0.25) is 11.8 Å². The van der Waals surface area contributed by atoms with E-state index < -0.39 is 17.8 Å². The highest BCUT2D eigenvalue weighted by Gasteiger charge is 2.62. The van der Waals surface area contributed by atoms with E-state index in [1.54, 1.807) is 24.3 Å². The maximum atomic E-state index is 13.1. The van der Waals surface area contributed by atoms with Gasteiger partial charge < -0.3 is 5.73 Å². The summed E-state index contributed by atoms with van der Waals surface area (Å²) in [6, 6.07) is 14.4. The van der Waals surface area contributed by atoms with Crippen LogP contribution in [-0.4, -0.2) is 17.6 Å². The maximum Gasteiger partial charge on any atom is 0.238 e. The Kier molecular flexibility index (Phi) is 2.76. The van der Waals surface area contributed by atoms with Gasteiger partial charge in [-0.3, -0.25) is 19.3 Å². The molecule has 2 bridgehead atoms. The molecule has 124 valence electrons. The van der Waals surface area contributed by atoms with Gasteiger partial charge in [0.15, 0.2) is 0 Å². The maximum absolute atomic E-state index is 13.1. The first kappa shape index (κ1) is 14.4. The smallest absolute Gasteiger partial charge is 0.238 e. The molecule has 2 aromatic carbocycles. The molecule has 6 rings (SSSR count). The molecule has 0 aromatic heterocycles. The second-order valence-corrected chi connectivity index (χ2v) is 7.04. The number of nitrogens with zero attached hydrogens (tertiary/aromatic N) is 1. The lowest BCUT2D eigenvalue weighted by Gasteiger charge is -2.43. The van der Waals surface area contributed by atoms with Crippen LogP contribution in [0.4, 0.5) is 11.4 Å². The van der Waals surface area contributed by atoms with Crippen molar-refractivity contribution in [3.05, 3.63) is 59.7 Å². The molecule has 0 radical (unpaired) electrons. The van der Waals surface area contributed by atoms with Crippen molar-refractivity contribution in [2.24, 2.45) is 11.8 Å². The van der Waals surface area contributed by atoms with Crippen molar-refractivity contribution in [1.82, 2.24) is 0 Å². The summed E-state index contributed by atoms with van der Waals surface area (Å²) in [6.07, 6.45) is 0.345. The van der Waals surface area contributed by atoms with E-state index in [0.717, 1.165) is 11.1 Å². The first-order valence-corrected chi connectivity index (χ1v) is 8.43. The second kappa shape index (κ2) is 4.79. The van der Waals surface area contributed by atoms with Crippen LogP contribution >= 0.6 is 0 Å². The lowest BCUT2D eigenvalue weighted by Crippen LogP contribution is -2.44. The van der Waals surface area contributed by atoms with Crippen molar-refractivity contribution in [2.75, 3.05) is 10.6 Å². The molecule has 1 aliphatic heterocycles. The molecule has 0 unspecified atom stereocenters. The summed E-state index contributed by atoms with van der Waals surface area (Å²) in [5.74, 6) is -2.11. The second-order valence-electron chi connectivity index (χ2n) is 7.04. The molecule has 2 aromatic rings. The molecular formula is C20H16N2O3. The van der Waals surface area contributed by atoms with E-state index in [2.05, 4.69) is 0 Å². The zero-order valence-corrected chi connectivity index (χ0v) is 13.4. The molecule has 1 heterocycles. The van der Waals surface area contributed by atoms with Crippen LogP contribution < -0.4 is 10.6 Å². The highest BCUT2D eigenvalue weighted by Crippen LogP contribution is 2.57. The van der Waals surface area contributed by atoms with E-state index in [0.29, 0.717) is 17.8 Å². The Morgan fingerprint density at radius 1 is 0.840 bits per heavy atom. The molecule has 1 saturated heterocycles. The number of Topliss-reactive ketones (excluding diaryl/α,β-unsaturated/α-hetero) is 1. The number of hydrogen-bond acceptors (Lipinski definition) is 4. The summed E-state index contributed by atoms with van der Waals surface area (Å²) in [5, 5.41) is 0. The van der Waals surface area contributed by atoms with Gasteiger partial charge in [0.1, 0.15) is 5.78 Å². The number of hydrogen-bond donors (Lipinski definition) is 1. The predicted molar refractivity (Wildman–Crippen MR) is 91.9 cm³/mol. The summed E-state index contributed by atoms with van der Waals surface area (Å²) < 4.78 is 0. The van der Waals surface area contributed by atoms with Gasteiger partial charge in [0.25, 0.3) is 0 Å². The third-order valence-corrected chi connectivity index (χ3v) is 5.84. The zero-order valence-electron chi connectivity index (χ0n) is 13.4. The molecule has 0 spiro atoms. The number of carbonyl (C=O) groups excluding carboxylic acids is 3. The normalized spacial score (nSPS) is 29.8. The zero-order chi connectivity index (χ0) is 17.3. The number of carbonyl (C=O) groups is 3. The topological polar surface area (TPSA) is 80.5 Å². The van der Waals surface area contributed by atoms with Crippen LogP contribution in [0.15, 0.2) is 48.5 Å². The van der Waals surface area contributed by atoms with E-state index in [4.69, 9.17) is 5.73 Å². The molecule has 2 fully saturated rings. The highest BCUT2D eigenvalue weighted by atomic mass is 16.2. The SMILES string of the molecule is Nc1ccc(N2C(=O)[C@H]3[C@H](C2=O)[C@H]2C(=O)C[C@@H]3c3ccccc32)cc1. The first-order valence-electron chi connectivity index (χ1n) is 8.43. The minimum atomic E-state index is -0.578. The van der Waals surface area contributed by atoms with Crippen molar-refractivity contribution in [1.29, 1.82) is 0 Å². The number of rotatable bonds is 1. The van der Waals surface area contributed by atoms with E-state index in [1.165, 1.54) is 4.90 Å². The molecule has 4 atom stereocenters. The van der Waals surface area contributed by atoms with Crippen LogP contribution in [-0.2, 0) is 14.4 Å². The Morgan fingerprint density at radius 3 is 2.20 bits per heavy atom. The van der Waals surface area contributed by atoms with Gasteiger partial charge in [-0.15, -0.1) is 0 Å². The Morgan fingerprint density at radius 2 is 1.48 bits per heavy atom. The number of benzene rings is 2. The third-order valence-electron chi connectivity index (χ3n) is 5.84. The fraction of sp³-hybridized carbons (Fsp3) is 0.250.